The Morgan fingerprint density at radius 3 is 2.68 bits per heavy atom. The predicted octanol–water partition coefficient (Wildman–Crippen LogP) is 5.79. The molecule has 6 nitrogen and oxygen atoms in total. The lowest BCUT2D eigenvalue weighted by Crippen LogP contribution is -2.20. The van der Waals surface area contributed by atoms with Crippen LogP contribution >= 0.6 is 34.3 Å². The lowest BCUT2D eigenvalue weighted by atomic mass is 10.1. The molecule has 2 aromatic carbocycles. The first kappa shape index (κ1) is 21.3. The van der Waals surface area contributed by atoms with Crippen molar-refractivity contribution in [2.45, 2.75) is 6.92 Å². The van der Waals surface area contributed by atoms with Crippen molar-refractivity contribution >= 4 is 61.4 Å². The first-order valence-electron chi connectivity index (χ1n) is 9.20. The summed E-state index contributed by atoms with van der Waals surface area (Å²) in [7, 11) is 1.57. The van der Waals surface area contributed by atoms with Crippen LogP contribution in [0.3, 0.4) is 0 Å². The number of hydrogen-bond donors (Lipinski definition) is 1. The zero-order valence-electron chi connectivity index (χ0n) is 16.6. The Balaban J connectivity index is 1.38. The summed E-state index contributed by atoms with van der Waals surface area (Å²) in [5.74, 6) is -0.463. The fraction of sp³-hybridized carbons (Fsp3) is 0.136. The summed E-state index contributed by atoms with van der Waals surface area (Å²) in [6.45, 7) is 1.58. The number of fused-ring (bicyclic) bond motifs is 1. The normalized spacial score (nSPS) is 10.8. The van der Waals surface area contributed by atoms with Gasteiger partial charge in [-0.2, -0.15) is 0 Å². The van der Waals surface area contributed by atoms with Crippen molar-refractivity contribution < 1.29 is 19.1 Å². The number of halogens is 1. The van der Waals surface area contributed by atoms with Crippen molar-refractivity contribution in [3.63, 3.8) is 0 Å². The molecule has 0 atom stereocenters. The van der Waals surface area contributed by atoms with E-state index in [0.717, 1.165) is 26.9 Å². The van der Waals surface area contributed by atoms with Crippen molar-refractivity contribution in [3.05, 3.63) is 63.3 Å². The molecule has 0 aliphatic carbocycles. The fourth-order valence-corrected chi connectivity index (χ4v) is 5.01. The van der Waals surface area contributed by atoms with E-state index < -0.39 is 18.5 Å². The minimum atomic E-state index is -0.653. The molecule has 0 bridgehead atoms. The summed E-state index contributed by atoms with van der Waals surface area (Å²) in [5.41, 5.74) is 2.89. The van der Waals surface area contributed by atoms with E-state index in [9.17, 15) is 9.59 Å². The molecule has 0 saturated carbocycles. The maximum atomic E-state index is 12.4. The molecule has 158 valence electrons. The maximum Gasteiger partial charge on any atom is 0.350 e. The van der Waals surface area contributed by atoms with Gasteiger partial charge in [-0.3, -0.25) is 10.1 Å². The van der Waals surface area contributed by atoms with Gasteiger partial charge in [0.25, 0.3) is 5.91 Å². The van der Waals surface area contributed by atoms with E-state index in [2.05, 4.69) is 10.3 Å². The maximum absolute atomic E-state index is 12.4. The number of aryl methyl sites for hydroxylation is 1. The second-order valence-corrected chi connectivity index (χ2v) is 8.92. The molecule has 0 unspecified atom stereocenters. The number of nitrogens with zero attached hydrogens (tertiary/aromatic N) is 1. The summed E-state index contributed by atoms with van der Waals surface area (Å²) in [4.78, 5) is 29.3. The molecule has 0 saturated heterocycles. The molecule has 2 heterocycles. The monoisotopic (exact) mass is 472 g/mol. The van der Waals surface area contributed by atoms with Gasteiger partial charge in [-0.1, -0.05) is 41.4 Å². The number of carbonyl (C=O) groups is 2. The molecule has 31 heavy (non-hydrogen) atoms. The number of ether oxygens (including phenoxy) is 2. The zero-order chi connectivity index (χ0) is 22.0. The standard InChI is InChI=1S/C22H17ClN2O4S2/c1-12-3-5-13(6-4-12)16-11-30-22(24-16)25-18(26)10-29-21(27)20-19(23)15-8-7-14(28-2)9-17(15)31-20/h3-9,11H,10H2,1-2H3,(H,24,25,26). The molecule has 0 spiro atoms. The van der Waals surface area contributed by atoms with Gasteiger partial charge in [-0.05, 0) is 25.1 Å². The van der Waals surface area contributed by atoms with Crippen LogP contribution in [-0.2, 0) is 9.53 Å². The number of amides is 1. The van der Waals surface area contributed by atoms with Crippen molar-refractivity contribution in [1.82, 2.24) is 4.98 Å². The summed E-state index contributed by atoms with van der Waals surface area (Å²) in [5, 5.41) is 5.98. The second-order valence-electron chi connectivity index (χ2n) is 6.64. The average molecular weight is 473 g/mol. The Morgan fingerprint density at radius 1 is 1.16 bits per heavy atom. The molecule has 1 N–H and O–H groups in total. The van der Waals surface area contributed by atoms with E-state index in [4.69, 9.17) is 21.1 Å². The Hall–Kier alpha value is -2.94. The molecule has 4 rings (SSSR count). The number of rotatable bonds is 6. The number of hydrogen-bond acceptors (Lipinski definition) is 7. The van der Waals surface area contributed by atoms with Crippen LogP contribution in [0.1, 0.15) is 15.2 Å². The van der Waals surface area contributed by atoms with Gasteiger partial charge in [0.15, 0.2) is 11.7 Å². The molecule has 0 aliphatic rings. The van der Waals surface area contributed by atoms with Crippen molar-refractivity contribution in [2.24, 2.45) is 0 Å². The van der Waals surface area contributed by atoms with Crippen molar-refractivity contribution in [3.8, 4) is 17.0 Å². The summed E-state index contributed by atoms with van der Waals surface area (Å²) in [6, 6.07) is 13.3. The lowest BCUT2D eigenvalue weighted by molar-refractivity contribution is -0.119. The number of anilines is 1. The lowest BCUT2D eigenvalue weighted by Gasteiger charge is -2.04. The highest BCUT2D eigenvalue weighted by molar-refractivity contribution is 7.21. The minimum absolute atomic E-state index is 0.244. The minimum Gasteiger partial charge on any atom is -0.497 e. The van der Waals surface area contributed by atoms with Gasteiger partial charge in [0, 0.05) is 21.0 Å². The number of nitrogens with one attached hydrogen (secondary N) is 1. The van der Waals surface area contributed by atoms with Crippen molar-refractivity contribution in [1.29, 1.82) is 0 Å². The second kappa shape index (κ2) is 9.05. The smallest absolute Gasteiger partial charge is 0.350 e. The summed E-state index contributed by atoms with van der Waals surface area (Å²) < 4.78 is 11.1. The van der Waals surface area contributed by atoms with E-state index in [1.807, 2.05) is 36.6 Å². The van der Waals surface area contributed by atoms with E-state index in [-0.39, 0.29) is 4.88 Å². The Bertz CT molecular complexity index is 1260. The quantitative estimate of drug-likeness (QED) is 0.359. The Kier molecular flexibility index (Phi) is 6.22. The molecule has 9 heteroatoms. The first-order chi connectivity index (χ1) is 14.9. The highest BCUT2D eigenvalue weighted by atomic mass is 35.5. The van der Waals surface area contributed by atoms with Crippen LogP contribution in [-0.4, -0.2) is 30.6 Å². The molecule has 0 fully saturated rings. The Morgan fingerprint density at radius 2 is 1.94 bits per heavy atom. The van der Waals surface area contributed by atoms with Gasteiger partial charge in [-0.15, -0.1) is 22.7 Å². The van der Waals surface area contributed by atoms with Gasteiger partial charge < -0.3 is 9.47 Å². The van der Waals surface area contributed by atoms with Crippen LogP contribution in [0.5, 0.6) is 5.75 Å². The zero-order valence-corrected chi connectivity index (χ0v) is 19.0. The third-order valence-electron chi connectivity index (χ3n) is 4.45. The summed E-state index contributed by atoms with van der Waals surface area (Å²) in [6.07, 6.45) is 0. The average Bonchev–Trinajstić information content (AvgIpc) is 3.36. The highest BCUT2D eigenvalue weighted by Crippen LogP contribution is 2.37. The molecular formula is C22H17ClN2O4S2. The van der Waals surface area contributed by atoms with Gasteiger partial charge in [0.05, 0.1) is 17.8 Å². The third kappa shape index (κ3) is 4.71. The highest BCUT2D eigenvalue weighted by Gasteiger charge is 2.20. The SMILES string of the molecule is COc1ccc2c(Cl)c(C(=O)OCC(=O)Nc3nc(-c4ccc(C)cc4)cs3)sc2c1. The van der Waals surface area contributed by atoms with E-state index in [0.29, 0.717) is 15.9 Å². The number of benzene rings is 2. The number of esters is 1. The summed E-state index contributed by atoms with van der Waals surface area (Å²) >= 11 is 8.82. The van der Waals surface area contributed by atoms with E-state index in [1.54, 1.807) is 25.3 Å². The molecule has 0 aliphatic heterocycles. The van der Waals surface area contributed by atoms with Crippen molar-refractivity contribution in [2.75, 3.05) is 19.0 Å². The van der Waals surface area contributed by atoms with Crippen LogP contribution in [0, 0.1) is 6.92 Å². The predicted molar refractivity (Wildman–Crippen MR) is 125 cm³/mol. The van der Waals surface area contributed by atoms with Gasteiger partial charge in [0.2, 0.25) is 0 Å². The number of aromatic nitrogens is 1. The number of carbonyl (C=O) groups excluding carboxylic acids is 2. The molecule has 0 radical (unpaired) electrons. The van der Waals surface area contributed by atoms with Crippen LogP contribution in [0.15, 0.2) is 47.8 Å². The number of thiophene rings is 1. The Labute approximate surface area is 191 Å². The molecule has 1 amide bonds. The fourth-order valence-electron chi connectivity index (χ4n) is 2.84. The third-order valence-corrected chi connectivity index (χ3v) is 6.85. The van der Waals surface area contributed by atoms with Crippen LogP contribution in [0.25, 0.3) is 21.3 Å². The molecular weight excluding hydrogens is 456 g/mol. The van der Waals surface area contributed by atoms with E-state index in [1.165, 1.54) is 22.7 Å². The van der Waals surface area contributed by atoms with Gasteiger partial charge in [0.1, 0.15) is 10.6 Å². The molecule has 4 aromatic rings. The first-order valence-corrected chi connectivity index (χ1v) is 11.3. The largest absolute Gasteiger partial charge is 0.497 e. The van der Waals surface area contributed by atoms with Gasteiger partial charge in [-0.25, -0.2) is 9.78 Å². The van der Waals surface area contributed by atoms with Crippen LogP contribution < -0.4 is 10.1 Å². The number of methoxy groups -OCH3 is 1. The van der Waals surface area contributed by atoms with Gasteiger partial charge >= 0.3 is 5.97 Å². The number of thiazole rings is 1. The topological polar surface area (TPSA) is 77.5 Å². The molecule has 2 aromatic heterocycles. The van der Waals surface area contributed by atoms with E-state index >= 15 is 0 Å². The van der Waals surface area contributed by atoms with Crippen LogP contribution in [0.2, 0.25) is 5.02 Å². The van der Waals surface area contributed by atoms with Crippen LogP contribution in [0.4, 0.5) is 5.13 Å².